The van der Waals surface area contributed by atoms with Gasteiger partial charge in [0, 0.05) is 17.8 Å². The fourth-order valence-corrected chi connectivity index (χ4v) is 1.31. The molecule has 0 spiro atoms. The number of ether oxygens (including phenoxy) is 1. The molecule has 2 heterocycles. The Morgan fingerprint density at radius 1 is 1.64 bits per heavy atom. The van der Waals surface area contributed by atoms with Crippen LogP contribution in [-0.4, -0.2) is 17.6 Å². The molecule has 0 aliphatic carbocycles. The van der Waals surface area contributed by atoms with Crippen LogP contribution in [0.4, 0.5) is 0 Å². The lowest BCUT2D eigenvalue weighted by atomic mass is 10.1. The van der Waals surface area contributed by atoms with E-state index in [1.165, 1.54) is 0 Å². The molecule has 3 heteroatoms. The normalized spacial score (nSPS) is 23.6. The second-order valence-corrected chi connectivity index (χ2v) is 2.71. The number of carbonyl (C=O) groups is 1. The van der Waals surface area contributed by atoms with E-state index in [-0.39, 0.29) is 11.9 Å². The molecule has 11 heavy (non-hydrogen) atoms. The average Bonchev–Trinajstić information content (AvgIpc) is 2.55. The summed E-state index contributed by atoms with van der Waals surface area (Å²) < 4.78 is 4.83. The van der Waals surface area contributed by atoms with Gasteiger partial charge in [0.1, 0.15) is 6.61 Å². The van der Waals surface area contributed by atoms with Gasteiger partial charge in [-0.05, 0) is 12.1 Å². The molecule has 0 bridgehead atoms. The van der Waals surface area contributed by atoms with Gasteiger partial charge in [-0.2, -0.15) is 0 Å². The number of carbonyl (C=O) groups excluding carboxylic acids is 1. The predicted molar refractivity (Wildman–Crippen MR) is 39.1 cm³/mol. The van der Waals surface area contributed by atoms with Crippen LogP contribution in [0.5, 0.6) is 0 Å². The SMILES string of the molecule is O=C1CC(c2ccc[nH]2)CO1. The molecule has 1 aromatic rings. The Hall–Kier alpha value is -1.25. The average molecular weight is 151 g/mol. The smallest absolute Gasteiger partial charge is 0.306 e. The Morgan fingerprint density at radius 2 is 2.55 bits per heavy atom. The zero-order chi connectivity index (χ0) is 7.68. The molecule has 1 unspecified atom stereocenters. The van der Waals surface area contributed by atoms with Crippen LogP contribution in [0.2, 0.25) is 0 Å². The summed E-state index contributed by atoms with van der Waals surface area (Å²) in [6.07, 6.45) is 2.37. The maximum Gasteiger partial charge on any atom is 0.306 e. The third-order valence-electron chi connectivity index (χ3n) is 1.92. The molecule has 0 amide bonds. The third-order valence-corrected chi connectivity index (χ3v) is 1.92. The van der Waals surface area contributed by atoms with Crippen molar-refractivity contribution in [2.45, 2.75) is 12.3 Å². The highest BCUT2D eigenvalue weighted by Gasteiger charge is 2.25. The second kappa shape index (κ2) is 2.42. The molecule has 1 saturated heterocycles. The lowest BCUT2D eigenvalue weighted by Gasteiger charge is -2.00. The van der Waals surface area contributed by atoms with Gasteiger partial charge in [0.25, 0.3) is 0 Å². The molecule has 1 fully saturated rings. The number of hydrogen-bond donors (Lipinski definition) is 1. The highest BCUT2D eigenvalue weighted by atomic mass is 16.5. The van der Waals surface area contributed by atoms with E-state index in [9.17, 15) is 4.79 Å². The summed E-state index contributed by atoms with van der Waals surface area (Å²) in [5.74, 6) is 0.155. The molecule has 2 rings (SSSR count). The van der Waals surface area contributed by atoms with Crippen molar-refractivity contribution in [2.24, 2.45) is 0 Å². The molecular formula is C8H9NO2. The standard InChI is InChI=1S/C8H9NO2/c10-8-4-6(5-11-8)7-2-1-3-9-7/h1-3,6,9H,4-5H2. The van der Waals surface area contributed by atoms with Crippen molar-refractivity contribution in [2.75, 3.05) is 6.61 Å². The Morgan fingerprint density at radius 3 is 3.09 bits per heavy atom. The first kappa shape index (κ1) is 6.46. The van der Waals surface area contributed by atoms with Gasteiger partial charge in [-0.25, -0.2) is 0 Å². The maximum absolute atomic E-state index is 10.7. The van der Waals surface area contributed by atoms with Gasteiger partial charge in [0.2, 0.25) is 0 Å². The number of rotatable bonds is 1. The number of hydrogen-bond acceptors (Lipinski definition) is 2. The van der Waals surface area contributed by atoms with Crippen molar-refractivity contribution in [1.82, 2.24) is 4.98 Å². The van der Waals surface area contributed by atoms with Crippen LogP contribution in [0, 0.1) is 0 Å². The molecule has 1 aliphatic rings. The minimum Gasteiger partial charge on any atom is -0.465 e. The first-order valence-electron chi connectivity index (χ1n) is 3.65. The Bertz CT molecular complexity index is 253. The van der Waals surface area contributed by atoms with Gasteiger partial charge in [0.15, 0.2) is 0 Å². The summed E-state index contributed by atoms with van der Waals surface area (Å²) >= 11 is 0. The fourth-order valence-electron chi connectivity index (χ4n) is 1.31. The van der Waals surface area contributed by atoms with Crippen LogP contribution in [0.15, 0.2) is 18.3 Å². The first-order valence-corrected chi connectivity index (χ1v) is 3.65. The second-order valence-electron chi connectivity index (χ2n) is 2.71. The van der Waals surface area contributed by atoms with E-state index in [1.807, 2.05) is 18.3 Å². The highest BCUT2D eigenvalue weighted by Crippen LogP contribution is 2.23. The van der Waals surface area contributed by atoms with E-state index in [2.05, 4.69) is 4.98 Å². The van der Waals surface area contributed by atoms with E-state index >= 15 is 0 Å². The Kier molecular flexibility index (Phi) is 1.42. The van der Waals surface area contributed by atoms with Crippen molar-refractivity contribution in [3.8, 4) is 0 Å². The van der Waals surface area contributed by atoms with Crippen LogP contribution in [0.3, 0.4) is 0 Å². The van der Waals surface area contributed by atoms with Crippen molar-refractivity contribution in [1.29, 1.82) is 0 Å². The number of nitrogens with one attached hydrogen (secondary N) is 1. The van der Waals surface area contributed by atoms with E-state index in [0.717, 1.165) is 5.69 Å². The molecule has 0 aromatic carbocycles. The summed E-state index contributed by atoms with van der Waals surface area (Å²) in [5, 5.41) is 0. The molecule has 3 nitrogen and oxygen atoms in total. The number of esters is 1. The molecular weight excluding hydrogens is 142 g/mol. The number of aromatic nitrogens is 1. The molecule has 58 valence electrons. The summed E-state index contributed by atoms with van der Waals surface area (Å²) in [4.78, 5) is 13.8. The Balaban J connectivity index is 2.13. The van der Waals surface area contributed by atoms with Crippen molar-refractivity contribution >= 4 is 5.97 Å². The number of cyclic esters (lactones) is 1. The summed E-state index contributed by atoms with van der Waals surface area (Å²) in [7, 11) is 0. The lowest BCUT2D eigenvalue weighted by Crippen LogP contribution is -1.96. The summed E-state index contributed by atoms with van der Waals surface area (Å²) in [5.41, 5.74) is 1.09. The molecule has 1 aromatic heterocycles. The number of H-pyrrole nitrogens is 1. The van der Waals surface area contributed by atoms with Gasteiger partial charge >= 0.3 is 5.97 Å². The third kappa shape index (κ3) is 1.13. The van der Waals surface area contributed by atoms with E-state index < -0.39 is 0 Å². The van der Waals surface area contributed by atoms with E-state index in [4.69, 9.17) is 4.74 Å². The zero-order valence-electron chi connectivity index (χ0n) is 6.04. The van der Waals surface area contributed by atoms with Crippen LogP contribution in [0.1, 0.15) is 18.0 Å². The molecule has 0 radical (unpaired) electrons. The fraction of sp³-hybridized carbons (Fsp3) is 0.375. The minimum atomic E-state index is -0.0930. The van der Waals surface area contributed by atoms with Gasteiger partial charge in [0.05, 0.1) is 6.42 Å². The number of aromatic amines is 1. The van der Waals surface area contributed by atoms with Crippen molar-refractivity contribution in [3.63, 3.8) is 0 Å². The monoisotopic (exact) mass is 151 g/mol. The minimum absolute atomic E-state index is 0.0930. The topological polar surface area (TPSA) is 42.1 Å². The molecule has 1 aliphatic heterocycles. The van der Waals surface area contributed by atoms with Crippen molar-refractivity contribution < 1.29 is 9.53 Å². The highest BCUT2D eigenvalue weighted by molar-refractivity contribution is 5.72. The van der Waals surface area contributed by atoms with Crippen LogP contribution in [0.25, 0.3) is 0 Å². The van der Waals surface area contributed by atoms with Gasteiger partial charge in [-0.15, -0.1) is 0 Å². The van der Waals surface area contributed by atoms with Crippen LogP contribution < -0.4 is 0 Å². The van der Waals surface area contributed by atoms with Gasteiger partial charge in [-0.1, -0.05) is 0 Å². The quantitative estimate of drug-likeness (QED) is 0.609. The maximum atomic E-state index is 10.7. The van der Waals surface area contributed by atoms with Crippen molar-refractivity contribution in [3.05, 3.63) is 24.0 Å². The molecule has 1 N–H and O–H groups in total. The lowest BCUT2D eigenvalue weighted by molar-refractivity contribution is -0.137. The summed E-state index contributed by atoms with van der Waals surface area (Å²) in [6.45, 7) is 0.527. The predicted octanol–water partition coefficient (Wildman–Crippen LogP) is 1.05. The van der Waals surface area contributed by atoms with Gasteiger partial charge in [-0.3, -0.25) is 4.79 Å². The van der Waals surface area contributed by atoms with E-state index in [1.54, 1.807) is 0 Å². The van der Waals surface area contributed by atoms with Gasteiger partial charge < -0.3 is 9.72 Å². The van der Waals surface area contributed by atoms with E-state index in [0.29, 0.717) is 13.0 Å². The Labute approximate surface area is 64.4 Å². The summed E-state index contributed by atoms with van der Waals surface area (Å²) in [6, 6.07) is 3.91. The first-order chi connectivity index (χ1) is 5.36. The molecule has 1 atom stereocenters. The van der Waals surface area contributed by atoms with Crippen LogP contribution >= 0.6 is 0 Å². The largest absolute Gasteiger partial charge is 0.465 e. The van der Waals surface area contributed by atoms with Crippen LogP contribution in [-0.2, 0) is 9.53 Å². The molecule has 0 saturated carbocycles. The zero-order valence-corrected chi connectivity index (χ0v) is 6.04.